The van der Waals surface area contributed by atoms with Crippen LogP contribution in [0.3, 0.4) is 0 Å². The highest BCUT2D eigenvalue weighted by Gasteiger charge is 2.51. The van der Waals surface area contributed by atoms with Crippen molar-refractivity contribution in [1.82, 2.24) is 0 Å². The summed E-state index contributed by atoms with van der Waals surface area (Å²) < 4.78 is 23.2. The first kappa shape index (κ1) is 54.9. The number of nitrogens with two attached hydrogens (primary N) is 1. The van der Waals surface area contributed by atoms with Crippen LogP contribution in [-0.2, 0) is 28.5 Å². The maximum atomic E-state index is 12.6. The number of rotatable bonds is 3. The molecule has 64 heavy (non-hydrogen) atoms. The minimum atomic E-state index is -2.25. The average Bonchev–Trinajstić information content (AvgIpc) is 3.20. The highest BCUT2D eigenvalue weighted by molar-refractivity contribution is 5.71. The number of aliphatic hydroxyl groups is 9. The van der Waals surface area contributed by atoms with Gasteiger partial charge in [0, 0.05) is 43.9 Å². The smallest absolute Gasteiger partial charge is 0.311 e. The van der Waals surface area contributed by atoms with Crippen molar-refractivity contribution in [2.24, 2.45) is 23.5 Å². The molecule has 0 aromatic rings. The molecular formula is C47H73NO16. The predicted octanol–water partition coefficient (Wildman–Crippen LogP) is 1.74. The minimum absolute atomic E-state index is 0.0213. The van der Waals surface area contributed by atoms with Gasteiger partial charge in [-0.05, 0) is 33.1 Å². The van der Waals surface area contributed by atoms with Crippen molar-refractivity contribution in [2.45, 2.75) is 177 Å². The Labute approximate surface area is 376 Å². The number of allylic oxidation sites excluding steroid dienone is 10. The van der Waals surface area contributed by atoms with E-state index in [0.717, 1.165) is 12.8 Å². The molecule has 3 rings (SSSR count). The van der Waals surface area contributed by atoms with Gasteiger partial charge in [-0.15, -0.1) is 0 Å². The van der Waals surface area contributed by atoms with Gasteiger partial charge in [-0.3, -0.25) is 9.59 Å². The number of carbonyl (C=O) groups is 2. The number of carboxylic acids is 1. The predicted molar refractivity (Wildman–Crippen MR) is 236 cm³/mol. The van der Waals surface area contributed by atoms with E-state index in [9.17, 15) is 60.7 Å². The van der Waals surface area contributed by atoms with Crippen LogP contribution in [0.2, 0.25) is 0 Å². The maximum Gasteiger partial charge on any atom is 0.311 e. The van der Waals surface area contributed by atoms with E-state index in [1.54, 1.807) is 51.2 Å². The summed E-state index contributed by atoms with van der Waals surface area (Å²) in [5.41, 5.74) is 6.02. The zero-order valence-electron chi connectivity index (χ0n) is 37.3. The number of hydrogen-bond acceptors (Lipinski definition) is 16. The summed E-state index contributed by atoms with van der Waals surface area (Å²) in [5.74, 6) is -6.57. The summed E-state index contributed by atoms with van der Waals surface area (Å²) in [6.07, 6.45) is 8.11. The quantitative estimate of drug-likeness (QED) is 0.142. The molecule has 12 N–H and O–H groups in total. The molecule has 0 amide bonds. The Balaban J connectivity index is 1.84. The molecule has 18 atom stereocenters. The van der Waals surface area contributed by atoms with E-state index in [2.05, 4.69) is 0 Å². The molecule has 17 heteroatoms. The second-order valence-electron chi connectivity index (χ2n) is 17.4. The molecular weight excluding hydrogens is 835 g/mol. The van der Waals surface area contributed by atoms with Crippen molar-refractivity contribution in [3.8, 4) is 0 Å². The van der Waals surface area contributed by atoms with Crippen molar-refractivity contribution in [3.63, 3.8) is 0 Å². The van der Waals surface area contributed by atoms with E-state index in [-0.39, 0.29) is 38.0 Å². The van der Waals surface area contributed by atoms with Crippen molar-refractivity contribution < 1.29 is 79.6 Å². The normalized spacial score (nSPS) is 41.3. The largest absolute Gasteiger partial charge is 0.481 e. The first-order valence-electron chi connectivity index (χ1n) is 22.2. The van der Waals surface area contributed by atoms with Crippen LogP contribution in [0.1, 0.15) is 85.5 Å². The van der Waals surface area contributed by atoms with Crippen LogP contribution >= 0.6 is 0 Å². The summed E-state index contributed by atoms with van der Waals surface area (Å²) in [6.45, 7) is 6.84. The van der Waals surface area contributed by atoms with Crippen LogP contribution in [0.25, 0.3) is 0 Å². The van der Waals surface area contributed by atoms with Gasteiger partial charge >= 0.3 is 11.9 Å². The van der Waals surface area contributed by atoms with Crippen molar-refractivity contribution in [3.05, 3.63) is 85.1 Å². The monoisotopic (exact) mass is 907 g/mol. The van der Waals surface area contributed by atoms with E-state index in [4.69, 9.17) is 24.7 Å². The molecule has 2 saturated heterocycles. The van der Waals surface area contributed by atoms with Crippen LogP contribution in [-0.4, -0.2) is 154 Å². The summed E-state index contributed by atoms with van der Waals surface area (Å²) >= 11 is 0. The first-order chi connectivity index (χ1) is 30.2. The molecule has 3 aliphatic heterocycles. The van der Waals surface area contributed by atoms with Gasteiger partial charge < -0.3 is 75.7 Å². The average molecular weight is 908 g/mol. The summed E-state index contributed by atoms with van der Waals surface area (Å²) in [5, 5.41) is 107. The Morgan fingerprint density at radius 1 is 0.719 bits per heavy atom. The molecule has 0 aromatic carbocycles. The standard InChI is InChI=1S/C47H73NO16/c1-28-18-15-13-11-9-7-5-6-8-10-12-14-16-21-36(63-46-44(57)41(48)43(56)31(4)62-46)25-38-40(45(58)59)37(53)27-47(60,64-38)26-35(52)23-33(50)20-17-19-32(49)22-34(51)24-39(54)61-30(3)29(2)42(28)55/h5-6,8,10-18,20-21,28-38,40-44,46,49-53,55-57,60H,7,9,19,22-27,48H2,1-4H3,(H,58,59). The van der Waals surface area contributed by atoms with Gasteiger partial charge in [0.25, 0.3) is 0 Å². The van der Waals surface area contributed by atoms with Crippen LogP contribution in [0.15, 0.2) is 85.1 Å². The van der Waals surface area contributed by atoms with Gasteiger partial charge in [0.05, 0.1) is 73.5 Å². The van der Waals surface area contributed by atoms with E-state index in [0.29, 0.717) is 0 Å². The van der Waals surface area contributed by atoms with E-state index >= 15 is 0 Å². The molecule has 2 bridgehead atoms. The number of carbonyl (C=O) groups excluding carboxylic acids is 1. The number of carboxylic acid groups (broad SMARTS) is 1. The summed E-state index contributed by atoms with van der Waals surface area (Å²) in [4.78, 5) is 25.0. The van der Waals surface area contributed by atoms with Crippen molar-refractivity contribution in [1.29, 1.82) is 0 Å². The van der Waals surface area contributed by atoms with Gasteiger partial charge in [0.15, 0.2) is 12.1 Å². The molecule has 17 nitrogen and oxygen atoms in total. The minimum Gasteiger partial charge on any atom is -0.481 e. The van der Waals surface area contributed by atoms with E-state index < -0.39 is 128 Å². The SMILES string of the molecule is CC1C=CC=CCCC=CC=CC=CC=CC(OC2OC(C)C(O)C(N)C2O)CC2OC(O)(CC(O)CC(O)C=CCC(O)CC(O)CC(=O)OC(C)C(C)C1O)CC(O)C2C(=O)O. The van der Waals surface area contributed by atoms with Crippen molar-refractivity contribution in [2.75, 3.05) is 0 Å². The third kappa shape index (κ3) is 18.5. The second kappa shape index (κ2) is 27.3. The molecule has 0 radical (unpaired) electrons. The second-order valence-corrected chi connectivity index (χ2v) is 17.4. The number of aliphatic hydroxyl groups excluding tert-OH is 8. The zero-order chi connectivity index (χ0) is 47.6. The van der Waals surface area contributed by atoms with Crippen LogP contribution in [0, 0.1) is 17.8 Å². The Hall–Kier alpha value is -3.40. The van der Waals surface area contributed by atoms with E-state index in [1.807, 2.05) is 49.5 Å². The number of aliphatic carboxylic acids is 1. The molecule has 0 aliphatic carbocycles. The number of ether oxygens (including phenoxy) is 4. The van der Waals surface area contributed by atoms with Crippen LogP contribution < -0.4 is 5.73 Å². The fraction of sp³-hybridized carbons (Fsp3) is 0.660. The fourth-order valence-corrected chi connectivity index (χ4v) is 7.86. The van der Waals surface area contributed by atoms with Gasteiger partial charge in [-0.25, -0.2) is 0 Å². The summed E-state index contributed by atoms with van der Waals surface area (Å²) in [7, 11) is 0. The molecule has 2 fully saturated rings. The fourth-order valence-electron chi connectivity index (χ4n) is 7.86. The molecule has 0 saturated carbocycles. The van der Waals surface area contributed by atoms with Gasteiger partial charge in [0.2, 0.25) is 0 Å². The molecule has 362 valence electrons. The highest BCUT2D eigenvalue weighted by Crippen LogP contribution is 2.38. The number of hydrogen-bond donors (Lipinski definition) is 11. The maximum absolute atomic E-state index is 12.6. The molecule has 0 aromatic heterocycles. The van der Waals surface area contributed by atoms with Gasteiger partial charge in [-0.1, -0.05) is 98.9 Å². The van der Waals surface area contributed by atoms with E-state index in [1.165, 1.54) is 12.2 Å². The number of fused-ring (bicyclic) bond motifs is 2. The molecule has 3 aliphatic rings. The zero-order valence-corrected chi connectivity index (χ0v) is 37.3. The van der Waals surface area contributed by atoms with Crippen LogP contribution in [0.5, 0.6) is 0 Å². The van der Waals surface area contributed by atoms with Gasteiger partial charge in [-0.2, -0.15) is 0 Å². The van der Waals surface area contributed by atoms with Crippen molar-refractivity contribution >= 4 is 11.9 Å². The third-order valence-electron chi connectivity index (χ3n) is 11.8. The number of esters is 1. The highest BCUT2D eigenvalue weighted by atomic mass is 16.7. The molecule has 3 heterocycles. The lowest BCUT2D eigenvalue weighted by Gasteiger charge is -2.45. The molecule has 18 unspecified atom stereocenters. The Kier molecular flexibility index (Phi) is 23.4. The Bertz CT molecular complexity index is 1630. The lowest BCUT2D eigenvalue weighted by molar-refractivity contribution is -0.308. The third-order valence-corrected chi connectivity index (χ3v) is 11.8. The Morgan fingerprint density at radius 2 is 1.34 bits per heavy atom. The van der Waals surface area contributed by atoms with Crippen LogP contribution in [0.4, 0.5) is 0 Å². The lowest BCUT2D eigenvalue weighted by atomic mass is 9.83. The number of cyclic esters (lactones) is 1. The Morgan fingerprint density at radius 3 is 2.02 bits per heavy atom. The first-order valence-corrected chi connectivity index (χ1v) is 22.2. The lowest BCUT2D eigenvalue weighted by Crippen LogP contribution is -2.61. The topological polar surface area (TPSA) is 299 Å². The summed E-state index contributed by atoms with van der Waals surface area (Å²) in [6, 6.07) is -1.13. The van der Waals surface area contributed by atoms with Gasteiger partial charge in [0.1, 0.15) is 18.1 Å². The molecule has 0 spiro atoms.